The predicted molar refractivity (Wildman–Crippen MR) is 104 cm³/mol. The lowest BCUT2D eigenvalue weighted by Crippen LogP contribution is -2.42. The van der Waals surface area contributed by atoms with Crippen LogP contribution in [0.5, 0.6) is 5.75 Å². The Bertz CT molecular complexity index is 715. The SMILES string of the molecule is O=S1(=O)CCN(CCOc2ccc3c(c2)CCC3N2CCCCC2)CC1. The quantitative estimate of drug-likeness (QED) is 0.787. The smallest absolute Gasteiger partial charge is 0.152 e. The number of hydrogen-bond donors (Lipinski definition) is 0. The number of aryl methyl sites for hydroxylation is 1. The van der Waals surface area contributed by atoms with Crippen LogP contribution in [0.25, 0.3) is 0 Å². The van der Waals surface area contributed by atoms with Crippen molar-refractivity contribution in [2.75, 3.05) is 50.8 Å². The number of likely N-dealkylation sites (tertiary alicyclic amines) is 1. The van der Waals surface area contributed by atoms with Crippen molar-refractivity contribution in [3.05, 3.63) is 29.3 Å². The Kier molecular flexibility index (Phi) is 5.53. The Morgan fingerprint density at radius 3 is 2.58 bits per heavy atom. The van der Waals surface area contributed by atoms with Gasteiger partial charge in [0.25, 0.3) is 0 Å². The summed E-state index contributed by atoms with van der Waals surface area (Å²) in [5.41, 5.74) is 2.95. The molecule has 3 aliphatic rings. The first kappa shape index (κ1) is 18.3. The van der Waals surface area contributed by atoms with E-state index in [1.165, 1.54) is 49.9 Å². The van der Waals surface area contributed by atoms with Crippen LogP contribution in [0, 0.1) is 0 Å². The van der Waals surface area contributed by atoms with Crippen molar-refractivity contribution in [2.45, 2.75) is 38.1 Å². The number of piperidine rings is 1. The first-order chi connectivity index (χ1) is 12.6. The fourth-order valence-corrected chi connectivity index (χ4v) is 5.81. The molecule has 4 rings (SSSR count). The minimum Gasteiger partial charge on any atom is -0.492 e. The van der Waals surface area contributed by atoms with E-state index in [1.807, 2.05) is 0 Å². The van der Waals surface area contributed by atoms with Crippen molar-refractivity contribution < 1.29 is 13.2 Å². The largest absolute Gasteiger partial charge is 0.492 e. The summed E-state index contributed by atoms with van der Waals surface area (Å²) in [5.74, 6) is 1.51. The number of nitrogens with zero attached hydrogens (tertiary/aromatic N) is 2. The fraction of sp³-hybridized carbons (Fsp3) is 0.700. The van der Waals surface area contributed by atoms with E-state index >= 15 is 0 Å². The van der Waals surface area contributed by atoms with Crippen LogP contribution in [0.15, 0.2) is 18.2 Å². The topological polar surface area (TPSA) is 49.9 Å². The first-order valence-corrected chi connectivity index (χ1v) is 11.9. The van der Waals surface area contributed by atoms with Gasteiger partial charge >= 0.3 is 0 Å². The standard InChI is InChI=1S/C20H30N2O3S/c23-26(24)14-11-21(12-15-26)10-13-25-18-5-6-19-17(16-18)4-7-20(19)22-8-2-1-3-9-22/h5-6,16,20H,1-4,7-15H2. The van der Waals surface area contributed by atoms with Gasteiger partial charge < -0.3 is 4.74 Å². The maximum Gasteiger partial charge on any atom is 0.152 e. The maximum atomic E-state index is 11.5. The molecule has 1 aromatic carbocycles. The van der Waals surface area contributed by atoms with Crippen LogP contribution >= 0.6 is 0 Å². The van der Waals surface area contributed by atoms with Gasteiger partial charge in [0.2, 0.25) is 0 Å². The van der Waals surface area contributed by atoms with E-state index < -0.39 is 9.84 Å². The summed E-state index contributed by atoms with van der Waals surface area (Å²) in [6.45, 7) is 5.17. The minimum atomic E-state index is -2.80. The number of ether oxygens (including phenoxy) is 1. The fourth-order valence-electron chi connectivity index (χ4n) is 4.54. The van der Waals surface area contributed by atoms with Crippen molar-refractivity contribution in [3.63, 3.8) is 0 Å². The number of rotatable bonds is 5. The molecule has 144 valence electrons. The molecule has 0 aromatic heterocycles. The molecule has 0 radical (unpaired) electrons. The molecule has 1 aliphatic carbocycles. The van der Waals surface area contributed by atoms with Crippen molar-refractivity contribution in [1.82, 2.24) is 9.80 Å². The van der Waals surface area contributed by atoms with Gasteiger partial charge in [-0.2, -0.15) is 0 Å². The Balaban J connectivity index is 1.29. The molecule has 2 fully saturated rings. The van der Waals surface area contributed by atoms with Gasteiger partial charge in [-0.25, -0.2) is 8.42 Å². The van der Waals surface area contributed by atoms with Crippen LogP contribution in [-0.2, 0) is 16.3 Å². The highest BCUT2D eigenvalue weighted by atomic mass is 32.2. The van der Waals surface area contributed by atoms with E-state index in [4.69, 9.17) is 4.74 Å². The number of hydrogen-bond acceptors (Lipinski definition) is 5. The van der Waals surface area contributed by atoms with Gasteiger partial charge in [-0.05, 0) is 62.0 Å². The second kappa shape index (κ2) is 7.87. The van der Waals surface area contributed by atoms with Crippen LogP contribution in [0.2, 0.25) is 0 Å². The lowest BCUT2D eigenvalue weighted by Gasteiger charge is -2.32. The molecule has 0 N–H and O–H groups in total. The van der Waals surface area contributed by atoms with Gasteiger partial charge in [0.15, 0.2) is 9.84 Å². The summed E-state index contributed by atoms with van der Waals surface area (Å²) in [4.78, 5) is 4.85. The highest BCUT2D eigenvalue weighted by molar-refractivity contribution is 7.91. The lowest BCUT2D eigenvalue weighted by molar-refractivity contribution is 0.163. The summed E-state index contributed by atoms with van der Waals surface area (Å²) in [6.07, 6.45) is 6.44. The van der Waals surface area contributed by atoms with Gasteiger partial charge in [0, 0.05) is 25.7 Å². The molecule has 2 heterocycles. The zero-order valence-corrected chi connectivity index (χ0v) is 16.3. The van der Waals surface area contributed by atoms with Gasteiger partial charge in [-0.15, -0.1) is 0 Å². The minimum absolute atomic E-state index is 0.281. The van der Waals surface area contributed by atoms with Crippen LogP contribution < -0.4 is 4.74 Å². The second-order valence-electron chi connectivity index (χ2n) is 7.85. The predicted octanol–water partition coefficient (Wildman–Crippen LogP) is 2.27. The monoisotopic (exact) mass is 378 g/mol. The lowest BCUT2D eigenvalue weighted by atomic mass is 10.0. The summed E-state index contributed by atoms with van der Waals surface area (Å²) in [5, 5.41) is 0. The van der Waals surface area contributed by atoms with Crippen LogP contribution in [0.4, 0.5) is 0 Å². The van der Waals surface area contributed by atoms with Crippen molar-refractivity contribution in [2.24, 2.45) is 0 Å². The number of fused-ring (bicyclic) bond motifs is 1. The van der Waals surface area contributed by atoms with E-state index in [1.54, 1.807) is 0 Å². The van der Waals surface area contributed by atoms with E-state index in [0.717, 1.165) is 18.7 Å². The molecule has 5 nitrogen and oxygen atoms in total. The summed E-state index contributed by atoms with van der Waals surface area (Å²) in [7, 11) is -2.80. The molecular formula is C20H30N2O3S. The Morgan fingerprint density at radius 2 is 1.81 bits per heavy atom. The van der Waals surface area contributed by atoms with Crippen LogP contribution in [-0.4, -0.2) is 69.1 Å². The molecule has 1 aromatic rings. The molecule has 6 heteroatoms. The van der Waals surface area contributed by atoms with E-state index in [9.17, 15) is 8.42 Å². The Labute approximate surface area is 157 Å². The average Bonchev–Trinajstić information content (AvgIpc) is 3.07. The highest BCUT2D eigenvalue weighted by Gasteiger charge is 2.29. The molecule has 0 spiro atoms. The van der Waals surface area contributed by atoms with Gasteiger partial charge in [0.1, 0.15) is 12.4 Å². The average molecular weight is 379 g/mol. The summed E-state index contributed by atoms with van der Waals surface area (Å²) in [6, 6.07) is 7.21. The van der Waals surface area contributed by atoms with E-state index in [2.05, 4.69) is 28.0 Å². The molecular weight excluding hydrogens is 348 g/mol. The molecule has 0 saturated carbocycles. The first-order valence-electron chi connectivity index (χ1n) is 10.0. The Hall–Kier alpha value is -1.11. The maximum absolute atomic E-state index is 11.5. The molecule has 2 aliphatic heterocycles. The summed E-state index contributed by atoms with van der Waals surface area (Å²) >= 11 is 0. The highest BCUT2D eigenvalue weighted by Crippen LogP contribution is 2.38. The normalized spacial score (nSPS) is 26.5. The van der Waals surface area contributed by atoms with Crippen molar-refractivity contribution >= 4 is 9.84 Å². The van der Waals surface area contributed by atoms with Crippen LogP contribution in [0.1, 0.15) is 42.9 Å². The zero-order valence-electron chi connectivity index (χ0n) is 15.5. The van der Waals surface area contributed by atoms with Crippen molar-refractivity contribution in [1.29, 1.82) is 0 Å². The summed E-state index contributed by atoms with van der Waals surface area (Å²) < 4.78 is 28.9. The molecule has 26 heavy (non-hydrogen) atoms. The van der Waals surface area contributed by atoms with Gasteiger partial charge in [-0.1, -0.05) is 12.5 Å². The molecule has 1 atom stereocenters. The van der Waals surface area contributed by atoms with E-state index in [0.29, 0.717) is 25.7 Å². The number of benzene rings is 1. The third-order valence-corrected chi connectivity index (χ3v) is 7.71. The van der Waals surface area contributed by atoms with Gasteiger partial charge in [0.05, 0.1) is 11.5 Å². The second-order valence-corrected chi connectivity index (χ2v) is 10.2. The van der Waals surface area contributed by atoms with Gasteiger partial charge in [-0.3, -0.25) is 9.80 Å². The molecule has 2 saturated heterocycles. The van der Waals surface area contributed by atoms with Crippen LogP contribution in [0.3, 0.4) is 0 Å². The molecule has 1 unspecified atom stereocenters. The zero-order chi connectivity index (χ0) is 18.0. The third kappa shape index (κ3) is 4.24. The molecule has 0 bridgehead atoms. The van der Waals surface area contributed by atoms with E-state index in [-0.39, 0.29) is 11.5 Å². The third-order valence-electron chi connectivity index (χ3n) is 6.11. The Morgan fingerprint density at radius 1 is 1.04 bits per heavy atom. The van der Waals surface area contributed by atoms with Crippen molar-refractivity contribution in [3.8, 4) is 5.75 Å². The number of sulfone groups is 1. The molecule has 0 amide bonds.